The number of hydrogen-bond donors (Lipinski definition) is 3. The van der Waals surface area contributed by atoms with E-state index in [0.29, 0.717) is 18.9 Å². The number of nitrogens with two attached hydrogens (primary N) is 1. The number of primary amides is 1. The first kappa shape index (κ1) is 23.5. The Labute approximate surface area is 195 Å². The molecule has 7 heteroatoms. The Morgan fingerprint density at radius 2 is 1.85 bits per heavy atom. The van der Waals surface area contributed by atoms with Crippen LogP contribution in [0.25, 0.3) is 0 Å². The monoisotopic (exact) mass is 453 g/mol. The van der Waals surface area contributed by atoms with Crippen molar-refractivity contribution in [1.29, 1.82) is 0 Å². The van der Waals surface area contributed by atoms with Crippen molar-refractivity contribution in [2.24, 2.45) is 5.73 Å². The molecule has 0 saturated carbocycles. The number of nitrogens with one attached hydrogen (secondary N) is 1. The van der Waals surface area contributed by atoms with Gasteiger partial charge in [-0.15, -0.1) is 0 Å². The van der Waals surface area contributed by atoms with Crippen molar-refractivity contribution in [3.05, 3.63) is 58.7 Å². The first-order chi connectivity index (χ1) is 15.8. The lowest BCUT2D eigenvalue weighted by molar-refractivity contribution is -0.124. The molecule has 0 spiro atoms. The predicted octanol–water partition coefficient (Wildman–Crippen LogP) is 2.39. The summed E-state index contributed by atoms with van der Waals surface area (Å²) in [4.78, 5) is 14.6. The van der Waals surface area contributed by atoms with E-state index in [2.05, 4.69) is 10.2 Å². The molecule has 1 saturated heterocycles. The van der Waals surface area contributed by atoms with E-state index in [9.17, 15) is 9.90 Å². The van der Waals surface area contributed by atoms with Crippen molar-refractivity contribution in [2.75, 3.05) is 26.2 Å². The average molecular weight is 454 g/mol. The first-order valence-electron chi connectivity index (χ1n) is 11.7. The van der Waals surface area contributed by atoms with Gasteiger partial charge in [-0.25, -0.2) is 0 Å². The number of aryl methyl sites for hydroxylation is 3. The number of carbonyl (C=O) groups is 1. The van der Waals surface area contributed by atoms with Crippen LogP contribution in [0.5, 0.6) is 11.5 Å². The van der Waals surface area contributed by atoms with E-state index in [1.807, 2.05) is 57.2 Å². The fourth-order valence-electron chi connectivity index (χ4n) is 4.93. The maximum atomic E-state index is 12.4. The zero-order valence-corrected chi connectivity index (χ0v) is 19.7. The second-order valence-electron chi connectivity index (χ2n) is 9.31. The van der Waals surface area contributed by atoms with E-state index in [0.717, 1.165) is 53.9 Å². The summed E-state index contributed by atoms with van der Waals surface area (Å²) in [6, 6.07) is 11.7. The minimum absolute atomic E-state index is 0.266. The molecule has 7 nitrogen and oxygen atoms in total. The molecule has 1 fully saturated rings. The molecule has 3 atom stereocenters. The number of rotatable bonds is 7. The minimum Gasteiger partial charge on any atom is -0.486 e. The fourth-order valence-corrected chi connectivity index (χ4v) is 4.93. The summed E-state index contributed by atoms with van der Waals surface area (Å²) in [6.07, 6.45) is 0.679. The quantitative estimate of drug-likeness (QED) is 0.596. The van der Waals surface area contributed by atoms with E-state index in [1.165, 1.54) is 0 Å². The maximum Gasteiger partial charge on any atom is 0.239 e. The average Bonchev–Trinajstić information content (AvgIpc) is 2.80. The van der Waals surface area contributed by atoms with Crippen molar-refractivity contribution in [1.82, 2.24) is 10.2 Å². The van der Waals surface area contributed by atoms with Crippen molar-refractivity contribution < 1.29 is 19.4 Å². The van der Waals surface area contributed by atoms with Gasteiger partial charge < -0.3 is 25.6 Å². The van der Waals surface area contributed by atoms with Crippen LogP contribution in [0.2, 0.25) is 0 Å². The normalized spacial score (nSPS) is 20.9. The molecule has 2 aliphatic rings. The van der Waals surface area contributed by atoms with Gasteiger partial charge >= 0.3 is 0 Å². The number of aliphatic hydroxyl groups is 1. The Morgan fingerprint density at radius 1 is 1.15 bits per heavy atom. The second kappa shape index (κ2) is 10.1. The second-order valence-corrected chi connectivity index (χ2v) is 9.31. The van der Waals surface area contributed by atoms with Gasteiger partial charge in [0.15, 0.2) is 17.6 Å². The predicted molar refractivity (Wildman–Crippen MR) is 128 cm³/mol. The fraction of sp³-hybridized carbons (Fsp3) is 0.500. The summed E-state index contributed by atoms with van der Waals surface area (Å²) in [7, 11) is 0. The van der Waals surface area contributed by atoms with E-state index in [4.69, 9.17) is 15.2 Å². The summed E-state index contributed by atoms with van der Waals surface area (Å²) < 4.78 is 11.8. The van der Waals surface area contributed by atoms with Crippen LogP contribution in [0.4, 0.5) is 0 Å². The molecule has 0 aromatic heterocycles. The standard InChI is InChI=1S/C26H35N3O4/c1-16-7-8-21-22(13-16)32-15-23(33-21)20(30)14-28-19-9-11-29(12-10-19)25(26(27)31)24-17(2)5-4-6-18(24)3/h4-8,13,19-20,23,25,28,30H,9-12,14-15H2,1-3H3,(H2,27,31). The molecule has 3 unspecified atom stereocenters. The topological polar surface area (TPSA) is 97.0 Å². The Hall–Kier alpha value is -2.61. The van der Waals surface area contributed by atoms with Crippen LogP contribution >= 0.6 is 0 Å². The Bertz CT molecular complexity index is 967. The van der Waals surface area contributed by atoms with Gasteiger partial charge in [0, 0.05) is 25.7 Å². The number of fused-ring (bicyclic) bond motifs is 1. The molecule has 2 aromatic rings. The summed E-state index contributed by atoms with van der Waals surface area (Å²) in [5.41, 5.74) is 10.2. The number of piperidine rings is 1. The van der Waals surface area contributed by atoms with Crippen molar-refractivity contribution >= 4 is 5.91 Å². The molecule has 0 aliphatic carbocycles. The SMILES string of the molecule is Cc1ccc2c(c1)OCC(C(O)CNC1CCN(C(C(N)=O)c3c(C)cccc3C)CC1)O2. The third-order valence-corrected chi connectivity index (χ3v) is 6.81. The van der Waals surface area contributed by atoms with E-state index in [1.54, 1.807) is 0 Å². The molecule has 4 rings (SSSR count). The van der Waals surface area contributed by atoms with E-state index < -0.39 is 18.2 Å². The molecule has 1 amide bonds. The van der Waals surface area contributed by atoms with E-state index in [-0.39, 0.29) is 11.9 Å². The highest BCUT2D eigenvalue weighted by Gasteiger charge is 2.33. The molecule has 2 heterocycles. The molecule has 33 heavy (non-hydrogen) atoms. The van der Waals surface area contributed by atoms with Crippen LogP contribution < -0.4 is 20.5 Å². The van der Waals surface area contributed by atoms with Gasteiger partial charge in [0.05, 0.1) is 0 Å². The summed E-state index contributed by atoms with van der Waals surface area (Å²) >= 11 is 0. The van der Waals surface area contributed by atoms with Crippen LogP contribution in [-0.4, -0.2) is 60.4 Å². The Balaban J connectivity index is 1.29. The number of aliphatic hydroxyl groups excluding tert-OH is 1. The lowest BCUT2D eigenvalue weighted by Crippen LogP contribution is -2.50. The van der Waals surface area contributed by atoms with Gasteiger partial charge in [0.25, 0.3) is 0 Å². The molecular weight excluding hydrogens is 418 g/mol. The van der Waals surface area contributed by atoms with Gasteiger partial charge in [-0.1, -0.05) is 24.3 Å². The zero-order chi connectivity index (χ0) is 23.5. The van der Waals surface area contributed by atoms with Crippen molar-refractivity contribution in [3.8, 4) is 11.5 Å². The van der Waals surface area contributed by atoms with Gasteiger partial charge in [0.1, 0.15) is 18.8 Å². The lowest BCUT2D eigenvalue weighted by atomic mass is 9.92. The zero-order valence-electron chi connectivity index (χ0n) is 19.7. The number of likely N-dealkylation sites (tertiary alicyclic amines) is 1. The summed E-state index contributed by atoms with van der Waals surface area (Å²) in [5.74, 6) is 1.10. The van der Waals surface area contributed by atoms with Crippen LogP contribution in [0.3, 0.4) is 0 Å². The summed E-state index contributed by atoms with van der Waals surface area (Å²) in [6.45, 7) is 8.36. The molecule has 178 valence electrons. The number of amides is 1. The molecule has 4 N–H and O–H groups in total. The van der Waals surface area contributed by atoms with Crippen LogP contribution in [0.15, 0.2) is 36.4 Å². The smallest absolute Gasteiger partial charge is 0.239 e. The highest BCUT2D eigenvalue weighted by molar-refractivity contribution is 5.82. The number of ether oxygens (including phenoxy) is 2. The third kappa shape index (κ3) is 5.32. The highest BCUT2D eigenvalue weighted by Crippen LogP contribution is 2.33. The number of benzene rings is 2. The van der Waals surface area contributed by atoms with Crippen LogP contribution in [0, 0.1) is 20.8 Å². The van der Waals surface area contributed by atoms with E-state index >= 15 is 0 Å². The number of nitrogens with zero attached hydrogens (tertiary/aromatic N) is 1. The van der Waals surface area contributed by atoms with Crippen LogP contribution in [0.1, 0.15) is 41.1 Å². The highest BCUT2D eigenvalue weighted by atomic mass is 16.6. The Morgan fingerprint density at radius 3 is 2.52 bits per heavy atom. The largest absolute Gasteiger partial charge is 0.486 e. The molecule has 0 bridgehead atoms. The first-order valence-corrected chi connectivity index (χ1v) is 11.7. The third-order valence-electron chi connectivity index (χ3n) is 6.81. The number of carbonyl (C=O) groups excluding carboxylic acids is 1. The van der Waals surface area contributed by atoms with Crippen molar-refractivity contribution in [2.45, 2.75) is 57.9 Å². The van der Waals surface area contributed by atoms with Gasteiger partial charge in [-0.3, -0.25) is 9.69 Å². The lowest BCUT2D eigenvalue weighted by Gasteiger charge is -2.38. The van der Waals surface area contributed by atoms with Gasteiger partial charge in [-0.05, 0) is 68.0 Å². The van der Waals surface area contributed by atoms with Gasteiger partial charge in [0.2, 0.25) is 5.91 Å². The molecular formula is C26H35N3O4. The number of hydrogen-bond acceptors (Lipinski definition) is 6. The Kier molecular flexibility index (Phi) is 7.22. The molecule has 2 aromatic carbocycles. The molecule has 2 aliphatic heterocycles. The maximum absolute atomic E-state index is 12.4. The van der Waals surface area contributed by atoms with Gasteiger partial charge in [-0.2, -0.15) is 0 Å². The van der Waals surface area contributed by atoms with Crippen molar-refractivity contribution in [3.63, 3.8) is 0 Å². The van der Waals surface area contributed by atoms with Crippen LogP contribution in [-0.2, 0) is 4.79 Å². The minimum atomic E-state index is -0.675. The summed E-state index contributed by atoms with van der Waals surface area (Å²) in [5, 5.41) is 14.1. The molecule has 0 radical (unpaired) electrons.